The molecule has 130 valence electrons. The number of thiophene rings is 1. The fourth-order valence-electron chi connectivity index (χ4n) is 3.19. The highest BCUT2D eigenvalue weighted by Gasteiger charge is 2.25. The fourth-order valence-corrected chi connectivity index (χ4v) is 3.83. The van der Waals surface area contributed by atoms with Crippen LogP contribution in [0.4, 0.5) is 5.69 Å². The van der Waals surface area contributed by atoms with Gasteiger partial charge in [0.2, 0.25) is 0 Å². The highest BCUT2D eigenvalue weighted by molar-refractivity contribution is 7.12. The summed E-state index contributed by atoms with van der Waals surface area (Å²) in [7, 11) is 0. The molecule has 0 bridgehead atoms. The minimum Gasteiger partial charge on any atom is -0.347 e. The Kier molecular flexibility index (Phi) is 4.54. The summed E-state index contributed by atoms with van der Waals surface area (Å²) in [5.74, 6) is -0.0236. The predicted molar refractivity (Wildman–Crippen MR) is 104 cm³/mol. The number of amides is 2. The topological polar surface area (TPSA) is 49.4 Å². The quantitative estimate of drug-likeness (QED) is 0.766. The number of benzene rings is 2. The minimum absolute atomic E-state index is 0.0306. The average molecular weight is 362 g/mol. The monoisotopic (exact) mass is 362 g/mol. The Balaban J connectivity index is 1.46. The number of hydrogen-bond donors (Lipinski definition) is 1. The second kappa shape index (κ2) is 7.14. The first-order valence-corrected chi connectivity index (χ1v) is 9.41. The Hall–Kier alpha value is -2.92. The second-order valence-corrected chi connectivity index (χ2v) is 7.14. The van der Waals surface area contributed by atoms with Gasteiger partial charge in [-0.15, -0.1) is 11.3 Å². The summed E-state index contributed by atoms with van der Waals surface area (Å²) in [6.45, 7) is 1.17. The van der Waals surface area contributed by atoms with Crippen molar-refractivity contribution in [2.24, 2.45) is 0 Å². The molecule has 1 aliphatic rings. The van der Waals surface area contributed by atoms with Crippen molar-refractivity contribution >= 4 is 28.8 Å². The van der Waals surface area contributed by atoms with Gasteiger partial charge in [0.25, 0.3) is 11.8 Å². The van der Waals surface area contributed by atoms with E-state index in [1.54, 1.807) is 0 Å². The number of rotatable bonds is 4. The number of hydrogen-bond acceptors (Lipinski definition) is 3. The van der Waals surface area contributed by atoms with Crippen LogP contribution in [-0.4, -0.2) is 18.4 Å². The van der Waals surface area contributed by atoms with E-state index >= 15 is 0 Å². The SMILES string of the molecule is O=C(NCc1ccc2c(c1)CCN2C(=O)c1ccccc1)c1cccs1. The van der Waals surface area contributed by atoms with Crippen molar-refractivity contribution in [3.8, 4) is 0 Å². The van der Waals surface area contributed by atoms with Crippen LogP contribution in [0.1, 0.15) is 31.2 Å². The largest absolute Gasteiger partial charge is 0.347 e. The average Bonchev–Trinajstić information content (AvgIpc) is 3.36. The van der Waals surface area contributed by atoms with E-state index in [4.69, 9.17) is 0 Å². The Morgan fingerprint density at radius 3 is 2.65 bits per heavy atom. The number of nitrogens with one attached hydrogen (secondary N) is 1. The van der Waals surface area contributed by atoms with E-state index in [0.717, 1.165) is 23.2 Å². The third-order valence-electron chi connectivity index (χ3n) is 4.50. The number of anilines is 1. The van der Waals surface area contributed by atoms with E-state index in [1.165, 1.54) is 11.3 Å². The van der Waals surface area contributed by atoms with Crippen LogP contribution in [-0.2, 0) is 13.0 Å². The summed E-state index contributed by atoms with van der Waals surface area (Å²) in [5, 5.41) is 4.83. The molecule has 0 saturated heterocycles. The number of carbonyl (C=O) groups excluding carboxylic acids is 2. The molecule has 4 rings (SSSR count). The Morgan fingerprint density at radius 2 is 1.88 bits per heavy atom. The van der Waals surface area contributed by atoms with Gasteiger partial charge in [-0.05, 0) is 47.2 Å². The molecule has 2 amide bonds. The maximum atomic E-state index is 12.7. The summed E-state index contributed by atoms with van der Waals surface area (Å²) in [6, 6.07) is 19.1. The molecule has 0 spiro atoms. The van der Waals surface area contributed by atoms with E-state index < -0.39 is 0 Å². The first-order valence-electron chi connectivity index (χ1n) is 8.53. The lowest BCUT2D eigenvalue weighted by molar-refractivity contribution is 0.0953. The van der Waals surface area contributed by atoms with E-state index in [9.17, 15) is 9.59 Å². The Bertz CT molecular complexity index is 936. The van der Waals surface area contributed by atoms with Crippen LogP contribution in [0, 0.1) is 0 Å². The van der Waals surface area contributed by atoms with Gasteiger partial charge in [0, 0.05) is 24.3 Å². The lowest BCUT2D eigenvalue weighted by Crippen LogP contribution is -2.28. The second-order valence-electron chi connectivity index (χ2n) is 6.20. The predicted octanol–water partition coefficient (Wildman–Crippen LogP) is 3.88. The molecule has 0 unspecified atom stereocenters. The highest BCUT2D eigenvalue weighted by atomic mass is 32.1. The Labute approximate surface area is 156 Å². The molecular formula is C21H18N2O2S. The maximum absolute atomic E-state index is 12.7. The zero-order valence-electron chi connectivity index (χ0n) is 14.1. The minimum atomic E-state index is -0.0543. The molecule has 0 atom stereocenters. The van der Waals surface area contributed by atoms with Gasteiger partial charge < -0.3 is 10.2 Å². The summed E-state index contributed by atoms with van der Waals surface area (Å²) in [5.41, 5.74) is 3.86. The van der Waals surface area contributed by atoms with Crippen LogP contribution >= 0.6 is 11.3 Å². The van der Waals surface area contributed by atoms with Crippen LogP contribution < -0.4 is 10.2 Å². The van der Waals surface area contributed by atoms with Crippen LogP contribution in [0.2, 0.25) is 0 Å². The molecule has 2 aromatic carbocycles. The molecule has 26 heavy (non-hydrogen) atoms. The van der Waals surface area contributed by atoms with Gasteiger partial charge in [-0.1, -0.05) is 36.4 Å². The van der Waals surface area contributed by atoms with Crippen LogP contribution in [0.5, 0.6) is 0 Å². The molecule has 5 heteroatoms. The van der Waals surface area contributed by atoms with Gasteiger partial charge in [0.1, 0.15) is 0 Å². The zero-order chi connectivity index (χ0) is 17.9. The molecule has 1 N–H and O–H groups in total. The van der Waals surface area contributed by atoms with Gasteiger partial charge in [-0.2, -0.15) is 0 Å². The van der Waals surface area contributed by atoms with Crippen molar-refractivity contribution in [2.75, 3.05) is 11.4 Å². The third-order valence-corrected chi connectivity index (χ3v) is 5.37. The van der Waals surface area contributed by atoms with Gasteiger partial charge in [0.05, 0.1) is 4.88 Å². The fraction of sp³-hybridized carbons (Fsp3) is 0.143. The zero-order valence-corrected chi connectivity index (χ0v) is 15.0. The van der Waals surface area contributed by atoms with Gasteiger partial charge in [-0.3, -0.25) is 9.59 Å². The molecule has 0 saturated carbocycles. The first-order chi connectivity index (χ1) is 12.7. The normalized spacial score (nSPS) is 12.7. The molecular weight excluding hydrogens is 344 g/mol. The van der Waals surface area contributed by atoms with Gasteiger partial charge >= 0.3 is 0 Å². The molecule has 1 aliphatic heterocycles. The molecule has 0 aliphatic carbocycles. The third kappa shape index (κ3) is 3.26. The summed E-state index contributed by atoms with van der Waals surface area (Å²) in [6.07, 6.45) is 0.834. The van der Waals surface area contributed by atoms with E-state index in [1.807, 2.05) is 64.9 Å². The lowest BCUT2D eigenvalue weighted by Gasteiger charge is -2.17. The standard InChI is InChI=1S/C21H18N2O2S/c24-20(19-7-4-12-26-19)22-14-15-8-9-18-17(13-15)10-11-23(18)21(25)16-5-2-1-3-6-16/h1-9,12-13H,10-11,14H2,(H,22,24). The van der Waals surface area contributed by atoms with E-state index in [0.29, 0.717) is 23.5 Å². The van der Waals surface area contributed by atoms with Crippen molar-refractivity contribution in [1.29, 1.82) is 0 Å². The summed E-state index contributed by atoms with van der Waals surface area (Å²) < 4.78 is 0. The van der Waals surface area contributed by atoms with Crippen LogP contribution in [0.25, 0.3) is 0 Å². The highest BCUT2D eigenvalue weighted by Crippen LogP contribution is 2.30. The molecule has 0 radical (unpaired) electrons. The number of nitrogens with zero attached hydrogens (tertiary/aromatic N) is 1. The maximum Gasteiger partial charge on any atom is 0.261 e. The molecule has 2 heterocycles. The molecule has 0 fully saturated rings. The van der Waals surface area contributed by atoms with Gasteiger partial charge in [-0.25, -0.2) is 0 Å². The van der Waals surface area contributed by atoms with Gasteiger partial charge in [0.15, 0.2) is 0 Å². The Morgan fingerprint density at radius 1 is 1.04 bits per heavy atom. The van der Waals surface area contributed by atoms with Crippen LogP contribution in [0.15, 0.2) is 66.0 Å². The van der Waals surface area contributed by atoms with Crippen molar-refractivity contribution in [3.63, 3.8) is 0 Å². The molecule has 1 aromatic heterocycles. The van der Waals surface area contributed by atoms with Crippen LogP contribution in [0.3, 0.4) is 0 Å². The lowest BCUT2D eigenvalue weighted by atomic mass is 10.1. The van der Waals surface area contributed by atoms with Crippen molar-refractivity contribution < 1.29 is 9.59 Å². The van der Waals surface area contributed by atoms with E-state index in [2.05, 4.69) is 11.4 Å². The number of fused-ring (bicyclic) bond motifs is 1. The number of carbonyl (C=O) groups is 2. The summed E-state index contributed by atoms with van der Waals surface area (Å²) in [4.78, 5) is 27.3. The van der Waals surface area contributed by atoms with Crippen molar-refractivity contribution in [2.45, 2.75) is 13.0 Å². The smallest absolute Gasteiger partial charge is 0.261 e. The molecule has 3 aromatic rings. The summed E-state index contributed by atoms with van der Waals surface area (Å²) >= 11 is 1.43. The van der Waals surface area contributed by atoms with E-state index in [-0.39, 0.29) is 11.8 Å². The first kappa shape index (κ1) is 16.5. The van der Waals surface area contributed by atoms with Crippen molar-refractivity contribution in [3.05, 3.63) is 87.6 Å². The molecule has 4 nitrogen and oxygen atoms in total. The van der Waals surface area contributed by atoms with Crippen molar-refractivity contribution in [1.82, 2.24) is 5.32 Å².